The lowest BCUT2D eigenvalue weighted by Gasteiger charge is -2.02. The zero-order chi connectivity index (χ0) is 10.3. The second-order valence-electron chi connectivity index (χ2n) is 2.74. The Bertz CT molecular complexity index is 511. The number of nitrogen functional groups attached to an aromatic ring is 2. The highest BCUT2D eigenvalue weighted by Gasteiger charge is 2.08. The van der Waals surface area contributed by atoms with E-state index in [1.54, 1.807) is 0 Å². The third-order valence-electron chi connectivity index (χ3n) is 1.69. The summed E-state index contributed by atoms with van der Waals surface area (Å²) in [5.41, 5.74) is 12.7. The quantitative estimate of drug-likeness (QED) is 0.716. The Morgan fingerprint density at radius 1 is 1.07 bits per heavy atom. The van der Waals surface area contributed by atoms with Crippen molar-refractivity contribution in [2.75, 3.05) is 11.5 Å². The first kappa shape index (κ1) is 9.07. The first-order valence-corrected chi connectivity index (χ1v) is 4.60. The highest BCUT2D eigenvalue weighted by atomic mass is 79.9. The molecule has 7 heteroatoms. The van der Waals surface area contributed by atoms with Crippen LogP contribution in [0.5, 0.6) is 0 Å². The van der Waals surface area contributed by atoms with Gasteiger partial charge in [-0.2, -0.15) is 9.97 Å². The molecule has 0 spiro atoms. The molecule has 0 aromatic carbocycles. The number of rotatable bonds is 0. The minimum Gasteiger partial charge on any atom is -0.382 e. The zero-order valence-corrected chi connectivity index (χ0v) is 8.91. The summed E-state index contributed by atoms with van der Waals surface area (Å²) in [7, 11) is 0. The number of hydrogen-bond donors (Lipinski definition) is 2. The van der Waals surface area contributed by atoms with Crippen LogP contribution < -0.4 is 11.5 Å². The monoisotopic (exact) mass is 254 g/mol. The molecule has 2 heterocycles. The second kappa shape index (κ2) is 3.02. The van der Waals surface area contributed by atoms with Gasteiger partial charge in [0.2, 0.25) is 5.95 Å². The second-order valence-corrected chi connectivity index (χ2v) is 3.49. The fourth-order valence-electron chi connectivity index (χ4n) is 1.05. The fourth-order valence-corrected chi connectivity index (χ4v) is 1.31. The van der Waals surface area contributed by atoms with Crippen molar-refractivity contribution in [3.05, 3.63) is 10.3 Å². The van der Waals surface area contributed by atoms with E-state index in [-0.39, 0.29) is 11.8 Å². The van der Waals surface area contributed by atoms with Gasteiger partial charge >= 0.3 is 0 Å². The van der Waals surface area contributed by atoms with E-state index in [1.165, 1.54) is 0 Å². The van der Waals surface area contributed by atoms with Crippen LogP contribution >= 0.6 is 15.9 Å². The molecule has 0 aliphatic heterocycles. The molecule has 72 valence electrons. The predicted molar refractivity (Wildman–Crippen MR) is 56.4 cm³/mol. The standard InChI is InChI=1S/C7H7BrN6/c1-2-4(8)12-3-5(9)13-7(10)14-6(3)11-2/h1H3,(H4,9,10,11,13,14). The first-order valence-electron chi connectivity index (χ1n) is 3.81. The Morgan fingerprint density at radius 3 is 2.50 bits per heavy atom. The maximum absolute atomic E-state index is 5.62. The lowest BCUT2D eigenvalue weighted by atomic mass is 10.4. The number of anilines is 2. The first-order chi connectivity index (χ1) is 6.58. The summed E-state index contributed by atoms with van der Waals surface area (Å²) >= 11 is 3.25. The molecule has 2 rings (SSSR count). The third kappa shape index (κ3) is 1.35. The van der Waals surface area contributed by atoms with Crippen molar-refractivity contribution < 1.29 is 0 Å². The van der Waals surface area contributed by atoms with E-state index in [1.807, 2.05) is 6.92 Å². The molecule has 4 N–H and O–H groups in total. The molecule has 2 aromatic heterocycles. The summed E-state index contributed by atoms with van der Waals surface area (Å²) in [5.74, 6) is 0.340. The van der Waals surface area contributed by atoms with Gasteiger partial charge in [-0.15, -0.1) is 0 Å². The number of halogens is 1. The van der Waals surface area contributed by atoms with Crippen molar-refractivity contribution in [3.63, 3.8) is 0 Å². The highest BCUT2D eigenvalue weighted by molar-refractivity contribution is 9.10. The van der Waals surface area contributed by atoms with Gasteiger partial charge in [0.15, 0.2) is 17.0 Å². The molecular weight excluding hydrogens is 248 g/mol. The molecule has 0 radical (unpaired) electrons. The van der Waals surface area contributed by atoms with Crippen LogP contribution in [0.1, 0.15) is 5.69 Å². The van der Waals surface area contributed by atoms with Gasteiger partial charge in [0.05, 0.1) is 5.69 Å². The highest BCUT2D eigenvalue weighted by Crippen LogP contribution is 2.19. The molecule has 0 fully saturated rings. The van der Waals surface area contributed by atoms with Crippen LogP contribution in [0.15, 0.2) is 4.60 Å². The summed E-state index contributed by atoms with van der Waals surface area (Å²) < 4.78 is 0.630. The van der Waals surface area contributed by atoms with Crippen LogP contribution in [0.25, 0.3) is 11.2 Å². The Hall–Kier alpha value is -1.50. The van der Waals surface area contributed by atoms with Crippen LogP contribution in [0, 0.1) is 6.92 Å². The number of nitrogens with two attached hydrogens (primary N) is 2. The molecule has 14 heavy (non-hydrogen) atoms. The molecule has 0 unspecified atom stereocenters. The van der Waals surface area contributed by atoms with Gasteiger partial charge in [0.25, 0.3) is 0 Å². The lowest BCUT2D eigenvalue weighted by molar-refractivity contribution is 1.10. The summed E-state index contributed by atoms with van der Waals surface area (Å²) in [4.78, 5) is 16.1. The van der Waals surface area contributed by atoms with E-state index in [0.717, 1.165) is 5.69 Å². The van der Waals surface area contributed by atoms with Gasteiger partial charge in [-0.05, 0) is 22.9 Å². The molecule has 2 aromatic rings. The summed E-state index contributed by atoms with van der Waals surface area (Å²) in [5, 5.41) is 0. The lowest BCUT2D eigenvalue weighted by Crippen LogP contribution is -2.04. The number of hydrogen-bond acceptors (Lipinski definition) is 6. The number of nitrogens with zero attached hydrogens (tertiary/aromatic N) is 4. The predicted octanol–water partition coefficient (Wildman–Crippen LogP) is 0.655. The van der Waals surface area contributed by atoms with Gasteiger partial charge in [0, 0.05) is 0 Å². The molecule has 0 bridgehead atoms. The van der Waals surface area contributed by atoms with E-state index in [4.69, 9.17) is 11.5 Å². The minimum absolute atomic E-state index is 0.103. The van der Waals surface area contributed by atoms with Gasteiger partial charge in [-0.25, -0.2) is 9.97 Å². The smallest absolute Gasteiger partial charge is 0.224 e. The van der Waals surface area contributed by atoms with Crippen molar-refractivity contribution >= 4 is 38.9 Å². The maximum Gasteiger partial charge on any atom is 0.224 e. The number of aryl methyl sites for hydroxylation is 1. The van der Waals surface area contributed by atoms with Crippen molar-refractivity contribution in [2.45, 2.75) is 6.92 Å². The van der Waals surface area contributed by atoms with E-state index in [0.29, 0.717) is 15.8 Å². The van der Waals surface area contributed by atoms with Crippen LogP contribution in [-0.2, 0) is 0 Å². The van der Waals surface area contributed by atoms with E-state index >= 15 is 0 Å². The molecule has 0 aliphatic rings. The van der Waals surface area contributed by atoms with Crippen LogP contribution in [0.3, 0.4) is 0 Å². The number of aromatic nitrogens is 4. The zero-order valence-electron chi connectivity index (χ0n) is 7.32. The Kier molecular flexibility index (Phi) is 1.95. The summed E-state index contributed by atoms with van der Waals surface area (Å²) in [6.07, 6.45) is 0. The van der Waals surface area contributed by atoms with E-state index in [9.17, 15) is 0 Å². The molecule has 0 atom stereocenters. The molecular formula is C7H7BrN6. The SMILES string of the molecule is Cc1nc2nc(N)nc(N)c2nc1Br. The van der Waals surface area contributed by atoms with Crippen LogP contribution in [0.4, 0.5) is 11.8 Å². The normalized spacial score (nSPS) is 10.7. The maximum atomic E-state index is 5.62. The third-order valence-corrected chi connectivity index (χ3v) is 2.44. The van der Waals surface area contributed by atoms with E-state index in [2.05, 4.69) is 35.9 Å². The minimum atomic E-state index is 0.103. The Morgan fingerprint density at radius 2 is 1.79 bits per heavy atom. The van der Waals surface area contributed by atoms with Crippen molar-refractivity contribution in [1.29, 1.82) is 0 Å². The number of fused-ring (bicyclic) bond motifs is 1. The Balaban J connectivity index is 2.89. The van der Waals surface area contributed by atoms with Gasteiger partial charge in [-0.1, -0.05) is 0 Å². The average Bonchev–Trinajstić information content (AvgIpc) is 2.08. The summed E-state index contributed by atoms with van der Waals surface area (Å²) in [6, 6.07) is 0. The molecule has 6 nitrogen and oxygen atoms in total. The van der Waals surface area contributed by atoms with Crippen molar-refractivity contribution in [3.8, 4) is 0 Å². The van der Waals surface area contributed by atoms with Crippen LogP contribution in [0.2, 0.25) is 0 Å². The molecule has 0 saturated heterocycles. The van der Waals surface area contributed by atoms with Crippen molar-refractivity contribution in [1.82, 2.24) is 19.9 Å². The topological polar surface area (TPSA) is 104 Å². The fraction of sp³-hybridized carbons (Fsp3) is 0.143. The largest absolute Gasteiger partial charge is 0.382 e. The summed E-state index contributed by atoms with van der Waals surface area (Å²) in [6.45, 7) is 1.81. The van der Waals surface area contributed by atoms with Crippen LogP contribution in [-0.4, -0.2) is 19.9 Å². The average molecular weight is 255 g/mol. The van der Waals surface area contributed by atoms with Gasteiger partial charge < -0.3 is 11.5 Å². The molecule has 0 amide bonds. The molecule has 0 saturated carbocycles. The van der Waals surface area contributed by atoms with Gasteiger partial charge in [0.1, 0.15) is 4.60 Å². The molecule has 0 aliphatic carbocycles. The van der Waals surface area contributed by atoms with E-state index < -0.39 is 0 Å². The van der Waals surface area contributed by atoms with Crippen molar-refractivity contribution in [2.24, 2.45) is 0 Å². The Labute approximate surface area is 87.9 Å². The van der Waals surface area contributed by atoms with Gasteiger partial charge in [-0.3, -0.25) is 0 Å².